The normalized spacial score (nSPS) is 23.6. The van der Waals surface area contributed by atoms with Gasteiger partial charge in [-0.1, -0.05) is 13.8 Å². The van der Waals surface area contributed by atoms with Crippen LogP contribution in [0.1, 0.15) is 30.6 Å². The van der Waals surface area contributed by atoms with Crippen LogP contribution in [0.3, 0.4) is 0 Å². The van der Waals surface area contributed by atoms with E-state index in [4.69, 9.17) is 9.47 Å². The van der Waals surface area contributed by atoms with Crippen molar-refractivity contribution in [2.45, 2.75) is 20.3 Å². The molecule has 1 aromatic rings. The van der Waals surface area contributed by atoms with Gasteiger partial charge in [0.2, 0.25) is 0 Å². The van der Waals surface area contributed by atoms with Crippen LogP contribution in [0.4, 0.5) is 5.82 Å². The molecule has 142 valence electrons. The van der Waals surface area contributed by atoms with Crippen molar-refractivity contribution in [1.29, 1.82) is 0 Å². The van der Waals surface area contributed by atoms with Gasteiger partial charge in [-0.15, -0.1) is 0 Å². The van der Waals surface area contributed by atoms with Crippen molar-refractivity contribution in [2.24, 2.45) is 11.8 Å². The van der Waals surface area contributed by atoms with Gasteiger partial charge in [-0.3, -0.25) is 4.79 Å². The van der Waals surface area contributed by atoms with Crippen LogP contribution in [-0.2, 0) is 14.3 Å². The highest BCUT2D eigenvalue weighted by Crippen LogP contribution is 2.22. The Labute approximate surface area is 154 Å². The van der Waals surface area contributed by atoms with Crippen LogP contribution in [-0.4, -0.2) is 67.8 Å². The second-order valence-electron chi connectivity index (χ2n) is 7.29. The average molecular weight is 361 g/mol. The van der Waals surface area contributed by atoms with Crippen LogP contribution in [0.2, 0.25) is 0 Å². The summed E-state index contributed by atoms with van der Waals surface area (Å²) < 4.78 is 10.7. The zero-order chi connectivity index (χ0) is 18.5. The minimum atomic E-state index is -0.508. The van der Waals surface area contributed by atoms with Crippen LogP contribution >= 0.6 is 0 Å². The summed E-state index contributed by atoms with van der Waals surface area (Å²) >= 11 is 0. The molecule has 3 heterocycles. The molecular formula is C19H27N3O4. The Bertz CT molecular complexity index is 635. The molecule has 1 amide bonds. The zero-order valence-electron chi connectivity index (χ0n) is 15.5. The molecule has 0 saturated carbocycles. The van der Waals surface area contributed by atoms with E-state index in [1.54, 1.807) is 23.2 Å². The molecule has 2 aliphatic rings. The van der Waals surface area contributed by atoms with Gasteiger partial charge in [0.25, 0.3) is 5.91 Å². The van der Waals surface area contributed by atoms with Crippen LogP contribution in [0.5, 0.6) is 0 Å². The van der Waals surface area contributed by atoms with Crippen LogP contribution in [0.15, 0.2) is 18.3 Å². The van der Waals surface area contributed by atoms with Crippen molar-refractivity contribution in [1.82, 2.24) is 9.88 Å². The molecule has 2 atom stereocenters. The van der Waals surface area contributed by atoms with Crippen molar-refractivity contribution in [3.63, 3.8) is 0 Å². The molecule has 1 aromatic heterocycles. The molecule has 0 N–H and O–H groups in total. The number of rotatable bonds is 4. The number of amides is 1. The Morgan fingerprint density at radius 1 is 1.23 bits per heavy atom. The summed E-state index contributed by atoms with van der Waals surface area (Å²) in [4.78, 5) is 33.1. The van der Waals surface area contributed by atoms with E-state index in [1.165, 1.54) is 0 Å². The van der Waals surface area contributed by atoms with Gasteiger partial charge in [0.15, 0.2) is 6.61 Å². The number of pyridine rings is 1. The van der Waals surface area contributed by atoms with Crippen molar-refractivity contribution in [2.75, 3.05) is 50.9 Å². The molecule has 2 fully saturated rings. The number of carbonyl (C=O) groups is 2. The van der Waals surface area contributed by atoms with Gasteiger partial charge in [0, 0.05) is 32.4 Å². The molecule has 3 rings (SSSR count). The summed E-state index contributed by atoms with van der Waals surface area (Å²) in [6, 6.07) is 3.39. The lowest BCUT2D eigenvalue weighted by molar-refractivity contribution is -0.137. The third-order valence-corrected chi connectivity index (χ3v) is 4.87. The second-order valence-corrected chi connectivity index (χ2v) is 7.29. The number of likely N-dealkylation sites (tertiary alicyclic amines) is 1. The summed E-state index contributed by atoms with van der Waals surface area (Å²) in [6.45, 7) is 8.09. The van der Waals surface area contributed by atoms with Crippen molar-refractivity contribution >= 4 is 17.7 Å². The zero-order valence-corrected chi connectivity index (χ0v) is 15.5. The van der Waals surface area contributed by atoms with Gasteiger partial charge in [-0.2, -0.15) is 0 Å². The van der Waals surface area contributed by atoms with Gasteiger partial charge in [-0.05, 0) is 30.4 Å². The minimum Gasteiger partial charge on any atom is -0.452 e. The Morgan fingerprint density at radius 3 is 2.62 bits per heavy atom. The van der Waals surface area contributed by atoms with E-state index in [2.05, 4.69) is 18.8 Å². The number of esters is 1. The van der Waals surface area contributed by atoms with Crippen LogP contribution in [0.25, 0.3) is 0 Å². The van der Waals surface area contributed by atoms with Crippen LogP contribution < -0.4 is 4.90 Å². The smallest absolute Gasteiger partial charge is 0.342 e. The summed E-state index contributed by atoms with van der Waals surface area (Å²) in [5.74, 6) is 0.905. The van der Waals surface area contributed by atoms with E-state index in [9.17, 15) is 9.59 Å². The van der Waals surface area contributed by atoms with Crippen molar-refractivity contribution in [3.05, 3.63) is 23.9 Å². The summed E-state index contributed by atoms with van der Waals surface area (Å²) in [6.07, 6.45) is 2.78. The molecule has 0 unspecified atom stereocenters. The van der Waals surface area contributed by atoms with Crippen LogP contribution in [0, 0.1) is 11.8 Å². The molecule has 0 radical (unpaired) electrons. The second kappa shape index (κ2) is 8.49. The maximum atomic E-state index is 12.5. The Morgan fingerprint density at radius 2 is 1.92 bits per heavy atom. The number of anilines is 1. The SMILES string of the molecule is C[C@@H]1C[C@H](C)CN(C(=O)COC(=O)c2cccnc2N2CCOCC2)C1. The number of piperidine rings is 1. The summed E-state index contributed by atoms with van der Waals surface area (Å²) in [7, 11) is 0. The molecule has 0 aromatic carbocycles. The molecule has 0 spiro atoms. The Balaban J connectivity index is 1.61. The Kier molecular flexibility index (Phi) is 6.08. The van der Waals surface area contributed by atoms with Gasteiger partial charge in [-0.25, -0.2) is 9.78 Å². The predicted molar refractivity (Wildman–Crippen MR) is 97.1 cm³/mol. The minimum absolute atomic E-state index is 0.131. The first-order valence-electron chi connectivity index (χ1n) is 9.27. The molecule has 26 heavy (non-hydrogen) atoms. The van der Waals surface area contributed by atoms with E-state index in [0.717, 1.165) is 19.5 Å². The number of ether oxygens (including phenoxy) is 2. The molecule has 7 nitrogen and oxygen atoms in total. The highest BCUT2D eigenvalue weighted by Gasteiger charge is 2.27. The number of hydrogen-bond acceptors (Lipinski definition) is 6. The quantitative estimate of drug-likeness (QED) is 0.758. The molecule has 2 saturated heterocycles. The maximum Gasteiger partial charge on any atom is 0.342 e. The first kappa shape index (κ1) is 18.6. The van der Waals surface area contributed by atoms with E-state index < -0.39 is 5.97 Å². The van der Waals surface area contributed by atoms with E-state index in [1.807, 2.05) is 4.90 Å². The van der Waals surface area contributed by atoms with Gasteiger partial charge >= 0.3 is 5.97 Å². The molecule has 7 heteroatoms. The van der Waals surface area contributed by atoms with E-state index >= 15 is 0 Å². The lowest BCUT2D eigenvalue weighted by Crippen LogP contribution is -2.44. The number of morpholine rings is 1. The average Bonchev–Trinajstić information content (AvgIpc) is 2.65. The van der Waals surface area contributed by atoms with E-state index in [0.29, 0.717) is 49.5 Å². The standard InChI is InChI=1S/C19H27N3O4/c1-14-10-15(2)12-22(11-14)17(23)13-26-19(24)16-4-3-5-20-18(16)21-6-8-25-9-7-21/h3-5,14-15H,6-13H2,1-2H3/t14-,15+. The maximum absolute atomic E-state index is 12.5. The molecule has 0 aliphatic carbocycles. The predicted octanol–water partition coefficient (Wildman–Crippen LogP) is 1.58. The first-order chi connectivity index (χ1) is 12.5. The largest absolute Gasteiger partial charge is 0.452 e. The molecule has 0 bridgehead atoms. The van der Waals surface area contributed by atoms with Gasteiger partial charge in [0.05, 0.1) is 13.2 Å². The first-order valence-corrected chi connectivity index (χ1v) is 9.27. The topological polar surface area (TPSA) is 72.0 Å². The molecular weight excluding hydrogens is 334 g/mol. The fourth-order valence-electron chi connectivity index (χ4n) is 3.75. The van der Waals surface area contributed by atoms with Crippen molar-refractivity contribution in [3.8, 4) is 0 Å². The number of hydrogen-bond donors (Lipinski definition) is 0. The lowest BCUT2D eigenvalue weighted by Gasteiger charge is -2.34. The van der Waals surface area contributed by atoms with Crippen molar-refractivity contribution < 1.29 is 19.1 Å². The Hall–Kier alpha value is -2.15. The highest BCUT2D eigenvalue weighted by atomic mass is 16.5. The third kappa shape index (κ3) is 4.52. The number of aromatic nitrogens is 1. The van der Waals surface area contributed by atoms with Gasteiger partial charge in [0.1, 0.15) is 11.4 Å². The number of nitrogens with zero attached hydrogens (tertiary/aromatic N) is 3. The molecule has 2 aliphatic heterocycles. The lowest BCUT2D eigenvalue weighted by atomic mass is 9.92. The summed E-state index contributed by atoms with van der Waals surface area (Å²) in [5.41, 5.74) is 0.391. The third-order valence-electron chi connectivity index (χ3n) is 4.87. The van der Waals surface area contributed by atoms with Gasteiger partial charge < -0.3 is 19.3 Å². The number of carbonyl (C=O) groups excluding carboxylic acids is 2. The summed E-state index contributed by atoms with van der Waals surface area (Å²) in [5, 5.41) is 0. The fraction of sp³-hybridized carbons (Fsp3) is 0.632. The monoisotopic (exact) mass is 361 g/mol. The highest BCUT2D eigenvalue weighted by molar-refractivity contribution is 5.96. The fourth-order valence-corrected chi connectivity index (χ4v) is 3.75. The van der Waals surface area contributed by atoms with E-state index in [-0.39, 0.29) is 12.5 Å².